The van der Waals surface area contributed by atoms with Gasteiger partial charge in [-0.2, -0.15) is 0 Å². The van der Waals surface area contributed by atoms with Gasteiger partial charge in [0.15, 0.2) is 0 Å². The number of aromatic nitrogens is 3. The molecule has 0 saturated carbocycles. The molecule has 2 aromatic carbocycles. The number of hydrogen-bond donors (Lipinski definition) is 1. The molecule has 110 valence electrons. The van der Waals surface area contributed by atoms with Gasteiger partial charge in [-0.3, -0.25) is 4.99 Å². The van der Waals surface area contributed by atoms with Crippen molar-refractivity contribution in [3.63, 3.8) is 0 Å². The van der Waals surface area contributed by atoms with Crippen molar-refractivity contribution in [2.24, 2.45) is 4.99 Å². The minimum absolute atomic E-state index is 0.315. The molecule has 0 saturated heterocycles. The third kappa shape index (κ3) is 2.04. The lowest BCUT2D eigenvalue weighted by molar-refractivity contribution is 0.618. The van der Waals surface area contributed by atoms with Crippen LogP contribution in [0.15, 0.2) is 47.5 Å². The van der Waals surface area contributed by atoms with Crippen molar-refractivity contribution >= 4 is 16.9 Å². The van der Waals surface area contributed by atoms with Gasteiger partial charge in [-0.25, -0.2) is 9.07 Å². The summed E-state index contributed by atoms with van der Waals surface area (Å²) in [4.78, 5) is 4.42. The highest BCUT2D eigenvalue weighted by atomic mass is 19.1. The minimum atomic E-state index is -0.315. The number of halogens is 1. The fourth-order valence-electron chi connectivity index (χ4n) is 2.67. The van der Waals surface area contributed by atoms with Crippen molar-refractivity contribution in [2.45, 2.75) is 6.42 Å². The van der Waals surface area contributed by atoms with E-state index in [1.165, 1.54) is 6.07 Å². The first-order chi connectivity index (χ1) is 10.8. The Labute approximate surface area is 126 Å². The standard InChI is InChI=1S/C16H14FN5/c17-11-5-3-8-14(15(11)16-18-9-4-10-19-16)22-13-7-2-1-6-12(13)20-21-22/h1-3,5-8H,4,9-10H2,(H,18,19). The number of hydrogen-bond acceptors (Lipinski definition) is 4. The second-order valence-electron chi connectivity index (χ2n) is 5.13. The Morgan fingerprint density at radius 3 is 2.86 bits per heavy atom. The van der Waals surface area contributed by atoms with E-state index >= 15 is 0 Å². The Morgan fingerprint density at radius 2 is 2.00 bits per heavy atom. The van der Waals surface area contributed by atoms with E-state index in [1.54, 1.807) is 10.7 Å². The van der Waals surface area contributed by atoms with Crippen molar-refractivity contribution in [1.29, 1.82) is 0 Å². The van der Waals surface area contributed by atoms with Crippen LogP contribution in [0, 0.1) is 5.82 Å². The van der Waals surface area contributed by atoms with E-state index < -0.39 is 0 Å². The highest BCUT2D eigenvalue weighted by Gasteiger charge is 2.19. The first kappa shape index (κ1) is 12.9. The van der Waals surface area contributed by atoms with Gasteiger partial charge in [-0.05, 0) is 30.7 Å². The van der Waals surface area contributed by atoms with E-state index in [0.29, 0.717) is 23.6 Å². The predicted molar refractivity (Wildman–Crippen MR) is 82.8 cm³/mol. The summed E-state index contributed by atoms with van der Waals surface area (Å²) in [5, 5.41) is 11.5. The van der Waals surface area contributed by atoms with Crippen molar-refractivity contribution < 1.29 is 4.39 Å². The van der Waals surface area contributed by atoms with Crippen LogP contribution < -0.4 is 5.32 Å². The molecule has 0 unspecified atom stereocenters. The molecule has 1 N–H and O–H groups in total. The molecule has 1 aliphatic heterocycles. The van der Waals surface area contributed by atoms with Crippen LogP contribution in [0.4, 0.5) is 4.39 Å². The Kier molecular flexibility index (Phi) is 3.07. The van der Waals surface area contributed by atoms with E-state index in [0.717, 1.165) is 24.0 Å². The smallest absolute Gasteiger partial charge is 0.136 e. The van der Waals surface area contributed by atoms with Gasteiger partial charge >= 0.3 is 0 Å². The third-order valence-electron chi connectivity index (χ3n) is 3.71. The molecule has 22 heavy (non-hydrogen) atoms. The molecular weight excluding hydrogens is 281 g/mol. The zero-order chi connectivity index (χ0) is 14.9. The van der Waals surface area contributed by atoms with Gasteiger partial charge in [0.2, 0.25) is 0 Å². The highest BCUT2D eigenvalue weighted by Crippen LogP contribution is 2.22. The number of aliphatic imine (C=N–C) groups is 1. The summed E-state index contributed by atoms with van der Waals surface area (Å²) < 4.78 is 16.1. The molecular formula is C16H14FN5. The molecule has 1 aliphatic rings. The number of amidine groups is 1. The first-order valence-corrected chi connectivity index (χ1v) is 7.22. The van der Waals surface area contributed by atoms with Crippen LogP contribution in [0.1, 0.15) is 12.0 Å². The molecule has 0 bridgehead atoms. The SMILES string of the molecule is Fc1cccc(-n2nnc3ccccc32)c1C1=NCCCN1. The topological polar surface area (TPSA) is 55.1 Å². The summed E-state index contributed by atoms with van der Waals surface area (Å²) >= 11 is 0. The third-order valence-corrected chi connectivity index (χ3v) is 3.71. The maximum absolute atomic E-state index is 14.4. The zero-order valence-electron chi connectivity index (χ0n) is 11.8. The Balaban J connectivity index is 1.96. The van der Waals surface area contributed by atoms with Crippen LogP contribution in [0.3, 0.4) is 0 Å². The van der Waals surface area contributed by atoms with Crippen LogP contribution in [-0.4, -0.2) is 33.9 Å². The van der Waals surface area contributed by atoms with Crippen molar-refractivity contribution in [1.82, 2.24) is 20.3 Å². The molecule has 5 nitrogen and oxygen atoms in total. The molecule has 0 radical (unpaired) electrons. The molecule has 0 spiro atoms. The minimum Gasteiger partial charge on any atom is -0.370 e. The van der Waals surface area contributed by atoms with E-state index in [4.69, 9.17) is 0 Å². The largest absolute Gasteiger partial charge is 0.370 e. The second-order valence-corrected chi connectivity index (χ2v) is 5.13. The molecule has 4 rings (SSSR count). The summed E-state index contributed by atoms with van der Waals surface area (Å²) in [6.45, 7) is 1.50. The van der Waals surface area contributed by atoms with Crippen molar-refractivity contribution in [3.8, 4) is 5.69 Å². The van der Waals surface area contributed by atoms with Crippen molar-refractivity contribution in [2.75, 3.05) is 13.1 Å². The van der Waals surface area contributed by atoms with Crippen LogP contribution in [-0.2, 0) is 0 Å². The maximum Gasteiger partial charge on any atom is 0.136 e. The first-order valence-electron chi connectivity index (χ1n) is 7.22. The van der Waals surface area contributed by atoms with Crippen molar-refractivity contribution in [3.05, 3.63) is 53.8 Å². The lowest BCUT2D eigenvalue weighted by atomic mass is 10.1. The molecule has 0 fully saturated rings. The fourth-order valence-corrected chi connectivity index (χ4v) is 2.67. The van der Waals surface area contributed by atoms with E-state index in [9.17, 15) is 4.39 Å². The Bertz CT molecular complexity index is 868. The number of rotatable bonds is 2. The Hall–Kier alpha value is -2.76. The normalized spacial score (nSPS) is 14.7. The molecule has 1 aromatic heterocycles. The van der Waals surface area contributed by atoms with Gasteiger partial charge in [0, 0.05) is 13.1 Å². The monoisotopic (exact) mass is 295 g/mol. The maximum atomic E-state index is 14.4. The van der Waals surface area contributed by atoms with Gasteiger partial charge < -0.3 is 5.32 Å². The van der Waals surface area contributed by atoms with Gasteiger partial charge in [0.05, 0.1) is 16.8 Å². The summed E-state index contributed by atoms with van der Waals surface area (Å²) in [6, 6.07) is 12.6. The quantitative estimate of drug-likeness (QED) is 0.789. The average Bonchev–Trinajstić information content (AvgIpc) is 2.99. The number of para-hydroxylation sites is 1. The summed E-state index contributed by atoms with van der Waals surface area (Å²) in [5.41, 5.74) is 2.70. The lowest BCUT2D eigenvalue weighted by Gasteiger charge is -2.18. The molecule has 0 aliphatic carbocycles. The predicted octanol–water partition coefficient (Wildman–Crippen LogP) is 2.30. The van der Waals surface area contributed by atoms with Gasteiger partial charge in [-0.15, -0.1) is 5.10 Å². The highest BCUT2D eigenvalue weighted by molar-refractivity contribution is 6.02. The summed E-state index contributed by atoms with van der Waals surface area (Å²) in [6.07, 6.45) is 0.958. The molecule has 0 atom stereocenters. The van der Waals surface area contributed by atoms with Crippen LogP contribution in [0.25, 0.3) is 16.7 Å². The number of fused-ring (bicyclic) bond motifs is 1. The summed E-state index contributed by atoms with van der Waals surface area (Å²) in [5.74, 6) is 0.268. The van der Waals surface area contributed by atoms with E-state index in [2.05, 4.69) is 20.6 Å². The van der Waals surface area contributed by atoms with Gasteiger partial charge in [-0.1, -0.05) is 23.4 Å². The van der Waals surface area contributed by atoms with Gasteiger partial charge in [0.25, 0.3) is 0 Å². The molecule has 3 aromatic rings. The molecule has 0 amide bonds. The zero-order valence-corrected chi connectivity index (χ0v) is 11.8. The number of benzene rings is 2. The average molecular weight is 295 g/mol. The number of nitrogens with one attached hydrogen (secondary N) is 1. The summed E-state index contributed by atoms with van der Waals surface area (Å²) in [7, 11) is 0. The van der Waals surface area contributed by atoms with Crippen LogP contribution >= 0.6 is 0 Å². The Morgan fingerprint density at radius 1 is 1.09 bits per heavy atom. The van der Waals surface area contributed by atoms with E-state index in [-0.39, 0.29) is 5.82 Å². The van der Waals surface area contributed by atoms with Gasteiger partial charge in [0.1, 0.15) is 17.2 Å². The second kappa shape index (κ2) is 5.22. The number of nitrogens with zero attached hydrogens (tertiary/aromatic N) is 4. The lowest BCUT2D eigenvalue weighted by Crippen LogP contribution is -2.32. The van der Waals surface area contributed by atoms with E-state index in [1.807, 2.05) is 30.3 Å². The van der Waals surface area contributed by atoms with Crippen LogP contribution in [0.5, 0.6) is 0 Å². The molecule has 2 heterocycles. The van der Waals surface area contributed by atoms with Crippen LogP contribution in [0.2, 0.25) is 0 Å². The molecule has 6 heteroatoms. The fraction of sp³-hybridized carbons (Fsp3) is 0.188.